The van der Waals surface area contributed by atoms with Gasteiger partial charge in [-0.2, -0.15) is 0 Å². The van der Waals surface area contributed by atoms with Gasteiger partial charge in [-0.05, 0) is 53.8 Å². The Labute approximate surface area is 253 Å². The predicted molar refractivity (Wildman–Crippen MR) is 167 cm³/mol. The molecule has 0 radical (unpaired) electrons. The van der Waals surface area contributed by atoms with Crippen molar-refractivity contribution in [3.8, 4) is 17.2 Å². The number of hydrogen-bond acceptors (Lipinski definition) is 5. The highest BCUT2D eigenvalue weighted by atomic mass is 35.5. The number of halogens is 1. The molecule has 42 heavy (non-hydrogen) atoms. The van der Waals surface area contributed by atoms with Crippen molar-refractivity contribution in [2.24, 2.45) is 0 Å². The lowest BCUT2D eigenvalue weighted by Gasteiger charge is -2.33. The van der Waals surface area contributed by atoms with Crippen molar-refractivity contribution >= 4 is 17.6 Å². The number of carbonyl (C=O) groups is 1. The summed E-state index contributed by atoms with van der Waals surface area (Å²) in [5.74, 6) is 1.06. The largest absolute Gasteiger partial charge is 0.494 e. The molecule has 0 saturated heterocycles. The molecule has 1 N–H and O–H groups in total. The monoisotopic (exact) mass is 587 g/mol. The zero-order valence-electron chi connectivity index (χ0n) is 24.3. The van der Waals surface area contributed by atoms with E-state index in [-0.39, 0.29) is 18.4 Å². The first-order valence-electron chi connectivity index (χ1n) is 14.1. The van der Waals surface area contributed by atoms with E-state index in [1.165, 1.54) is 11.1 Å². The lowest BCUT2D eigenvalue weighted by atomic mass is 9.90. The molecule has 1 unspecified atom stereocenters. The Morgan fingerprint density at radius 1 is 0.881 bits per heavy atom. The number of benzene rings is 4. The third-order valence-electron chi connectivity index (χ3n) is 7.44. The zero-order chi connectivity index (χ0) is 29.9. The van der Waals surface area contributed by atoms with Gasteiger partial charge in [0.15, 0.2) is 11.5 Å². The maximum absolute atomic E-state index is 11.1. The van der Waals surface area contributed by atoms with Gasteiger partial charge in [0, 0.05) is 25.0 Å². The normalized spacial score (nSPS) is 11.9. The van der Waals surface area contributed by atoms with E-state index in [9.17, 15) is 4.79 Å². The molecular weight excluding hydrogens is 550 g/mol. The van der Waals surface area contributed by atoms with Gasteiger partial charge in [-0.3, -0.25) is 9.69 Å². The molecule has 6 nitrogen and oxygen atoms in total. The summed E-state index contributed by atoms with van der Waals surface area (Å²) in [4.78, 5) is 13.6. The summed E-state index contributed by atoms with van der Waals surface area (Å²) in [7, 11) is 3.20. The molecule has 4 aromatic rings. The zero-order valence-corrected chi connectivity index (χ0v) is 25.1. The van der Waals surface area contributed by atoms with E-state index in [2.05, 4.69) is 60.4 Å². The van der Waals surface area contributed by atoms with Crippen molar-refractivity contribution in [1.29, 1.82) is 0 Å². The van der Waals surface area contributed by atoms with Crippen molar-refractivity contribution < 1.29 is 24.1 Å². The highest BCUT2D eigenvalue weighted by molar-refractivity contribution is 6.33. The van der Waals surface area contributed by atoms with E-state index in [0.29, 0.717) is 41.0 Å². The van der Waals surface area contributed by atoms with Crippen molar-refractivity contribution in [2.45, 2.75) is 38.3 Å². The Morgan fingerprint density at radius 2 is 1.55 bits per heavy atom. The molecule has 0 amide bonds. The number of carboxylic acids is 1. The molecule has 0 heterocycles. The number of carboxylic acid groups (broad SMARTS) is 1. The second-order valence-corrected chi connectivity index (χ2v) is 10.7. The summed E-state index contributed by atoms with van der Waals surface area (Å²) in [5, 5.41) is 9.68. The van der Waals surface area contributed by atoms with Crippen LogP contribution in [-0.2, 0) is 17.8 Å². The summed E-state index contributed by atoms with van der Waals surface area (Å²) in [6, 6.07) is 32.4. The van der Waals surface area contributed by atoms with Gasteiger partial charge in [-0.15, -0.1) is 0 Å². The van der Waals surface area contributed by atoms with E-state index in [1.54, 1.807) is 26.4 Å². The van der Waals surface area contributed by atoms with Crippen LogP contribution in [0.25, 0.3) is 0 Å². The molecule has 4 aromatic carbocycles. The molecule has 0 aliphatic rings. The lowest BCUT2D eigenvalue weighted by molar-refractivity contribution is -0.136. The quantitative estimate of drug-likeness (QED) is 0.156. The van der Waals surface area contributed by atoms with E-state index < -0.39 is 5.97 Å². The van der Waals surface area contributed by atoms with Crippen molar-refractivity contribution in [2.75, 3.05) is 27.4 Å². The van der Waals surface area contributed by atoms with Gasteiger partial charge in [-0.1, -0.05) is 90.5 Å². The van der Waals surface area contributed by atoms with Crippen LogP contribution in [0.4, 0.5) is 0 Å². The lowest BCUT2D eigenvalue weighted by Crippen LogP contribution is -2.37. The highest BCUT2D eigenvalue weighted by Gasteiger charge is 2.24. The molecule has 0 fully saturated rings. The second-order valence-electron chi connectivity index (χ2n) is 10.3. The van der Waals surface area contributed by atoms with Crippen molar-refractivity contribution in [3.05, 3.63) is 124 Å². The summed E-state index contributed by atoms with van der Waals surface area (Å²) in [6.45, 7) is 4.04. The van der Waals surface area contributed by atoms with Gasteiger partial charge >= 0.3 is 5.97 Å². The van der Waals surface area contributed by atoms with E-state index in [0.717, 1.165) is 18.5 Å². The van der Waals surface area contributed by atoms with Gasteiger partial charge in [0.1, 0.15) is 5.75 Å². The molecule has 0 spiro atoms. The molecule has 220 valence electrons. The fraction of sp³-hybridized carbons (Fsp3) is 0.286. The second kappa shape index (κ2) is 15.3. The van der Waals surface area contributed by atoms with Crippen LogP contribution in [0, 0.1) is 0 Å². The Balaban J connectivity index is 1.59. The number of methoxy groups -OCH3 is 2. The first-order valence-corrected chi connectivity index (χ1v) is 14.4. The Kier molecular flexibility index (Phi) is 11.3. The summed E-state index contributed by atoms with van der Waals surface area (Å²) in [6.07, 6.45) is 0.720. The number of aliphatic carboxylic acids is 1. The van der Waals surface area contributed by atoms with E-state index in [4.69, 9.17) is 30.9 Å². The van der Waals surface area contributed by atoms with Gasteiger partial charge in [0.05, 0.1) is 32.3 Å². The van der Waals surface area contributed by atoms with Gasteiger partial charge in [0.2, 0.25) is 0 Å². The summed E-state index contributed by atoms with van der Waals surface area (Å²) < 4.78 is 17.1. The Morgan fingerprint density at radius 3 is 2.14 bits per heavy atom. The molecule has 0 aliphatic heterocycles. The molecule has 0 aromatic heterocycles. The smallest absolute Gasteiger partial charge is 0.307 e. The fourth-order valence-corrected chi connectivity index (χ4v) is 5.42. The van der Waals surface area contributed by atoms with Gasteiger partial charge in [0.25, 0.3) is 0 Å². The number of hydrogen-bond donors (Lipinski definition) is 1. The average Bonchev–Trinajstić information content (AvgIpc) is 3.00. The molecule has 0 bridgehead atoms. The van der Waals surface area contributed by atoms with Crippen LogP contribution in [0.5, 0.6) is 17.2 Å². The molecule has 0 aliphatic carbocycles. The molecule has 7 heteroatoms. The fourth-order valence-electron chi connectivity index (χ4n) is 5.13. The summed E-state index contributed by atoms with van der Waals surface area (Å²) in [5.41, 5.74) is 4.14. The van der Waals surface area contributed by atoms with Gasteiger partial charge < -0.3 is 19.3 Å². The maximum Gasteiger partial charge on any atom is 0.307 e. The van der Waals surface area contributed by atoms with Crippen molar-refractivity contribution in [1.82, 2.24) is 4.90 Å². The maximum atomic E-state index is 11.1. The summed E-state index contributed by atoms with van der Waals surface area (Å²) >= 11 is 6.85. The van der Waals surface area contributed by atoms with E-state index >= 15 is 0 Å². The minimum atomic E-state index is -0.864. The third-order valence-corrected chi connectivity index (χ3v) is 7.86. The SMILES string of the molecule is COc1ccc(CN(CC(c2ccccc2)c2ccccc2)C(C)CCOc2cccc(CC(=O)O)c2)c(Cl)c1OC. The van der Waals surface area contributed by atoms with E-state index in [1.807, 2.05) is 36.4 Å². The van der Waals surface area contributed by atoms with Crippen molar-refractivity contribution in [3.63, 3.8) is 0 Å². The highest BCUT2D eigenvalue weighted by Crippen LogP contribution is 2.38. The molecule has 1 atom stereocenters. The van der Waals surface area contributed by atoms with Crippen LogP contribution in [0.3, 0.4) is 0 Å². The predicted octanol–water partition coefficient (Wildman–Crippen LogP) is 7.48. The van der Waals surface area contributed by atoms with Crippen LogP contribution in [0.2, 0.25) is 5.02 Å². The number of rotatable bonds is 15. The molecule has 0 saturated carbocycles. The molecule has 4 rings (SSSR count). The number of nitrogens with zero attached hydrogens (tertiary/aromatic N) is 1. The number of ether oxygens (including phenoxy) is 3. The van der Waals surface area contributed by atoms with Crippen LogP contribution in [0.1, 0.15) is 41.5 Å². The first-order chi connectivity index (χ1) is 20.4. The standard InChI is InChI=1S/C35H38ClNO5/c1-25(19-20-42-30-16-10-11-26(21-30)22-33(38)39)37(23-29-17-18-32(40-2)35(41-3)34(29)36)24-31(27-12-6-4-7-13-27)28-14-8-5-9-15-28/h4-18,21,25,31H,19-20,22-24H2,1-3H3,(H,38,39). The topological polar surface area (TPSA) is 68.2 Å². The third kappa shape index (κ3) is 8.28. The van der Waals surface area contributed by atoms with Crippen LogP contribution in [0.15, 0.2) is 97.1 Å². The average molecular weight is 588 g/mol. The van der Waals surface area contributed by atoms with Crippen LogP contribution in [-0.4, -0.2) is 49.4 Å². The van der Waals surface area contributed by atoms with Crippen LogP contribution < -0.4 is 14.2 Å². The van der Waals surface area contributed by atoms with Crippen LogP contribution >= 0.6 is 11.6 Å². The Bertz CT molecular complexity index is 1390. The molecular formula is C35H38ClNO5. The minimum absolute atomic E-state index is 0.0339. The van der Waals surface area contributed by atoms with Gasteiger partial charge in [-0.25, -0.2) is 0 Å². The Hall–Kier alpha value is -4.00. The minimum Gasteiger partial charge on any atom is -0.494 e. The first kappa shape index (κ1) is 30.9.